The maximum atomic E-state index is 12.3. The molecule has 1 aromatic rings. The molecule has 110 valence electrons. The van der Waals surface area contributed by atoms with Crippen LogP contribution < -0.4 is 0 Å². The normalized spacial score (nSPS) is 19.4. The predicted molar refractivity (Wildman–Crippen MR) is 83.5 cm³/mol. The van der Waals surface area contributed by atoms with Crippen molar-refractivity contribution in [3.8, 4) is 0 Å². The number of benzene rings is 1. The maximum absolute atomic E-state index is 12.3. The minimum Gasteiger partial charge on any atom is -0.396 e. The summed E-state index contributed by atoms with van der Waals surface area (Å²) in [6, 6.07) is 8.33. The molecule has 1 aliphatic rings. The van der Waals surface area contributed by atoms with Gasteiger partial charge >= 0.3 is 0 Å². The van der Waals surface area contributed by atoms with Crippen LogP contribution in [0, 0.1) is 0 Å². The summed E-state index contributed by atoms with van der Waals surface area (Å²) >= 11 is 1.69. The molecule has 1 unspecified atom stereocenters. The first kappa shape index (κ1) is 15.5. The molecule has 4 heteroatoms. The van der Waals surface area contributed by atoms with Gasteiger partial charge in [-0.15, -0.1) is 11.8 Å². The van der Waals surface area contributed by atoms with Gasteiger partial charge in [0.1, 0.15) is 0 Å². The van der Waals surface area contributed by atoms with Crippen molar-refractivity contribution in [2.75, 3.05) is 26.0 Å². The van der Waals surface area contributed by atoms with Crippen molar-refractivity contribution in [3.63, 3.8) is 0 Å². The van der Waals surface area contributed by atoms with Gasteiger partial charge in [0, 0.05) is 23.1 Å². The molecule has 1 heterocycles. The summed E-state index contributed by atoms with van der Waals surface area (Å²) in [4.78, 5) is 15.8. The lowest BCUT2D eigenvalue weighted by Crippen LogP contribution is -2.34. The van der Waals surface area contributed by atoms with Gasteiger partial charge in [-0.05, 0) is 50.6 Å². The van der Waals surface area contributed by atoms with Crippen molar-refractivity contribution in [2.24, 2.45) is 0 Å². The van der Waals surface area contributed by atoms with Crippen LogP contribution in [-0.2, 0) is 0 Å². The number of rotatable bonds is 7. The second kappa shape index (κ2) is 7.81. The fourth-order valence-corrected chi connectivity index (χ4v) is 3.22. The second-order valence-electron chi connectivity index (χ2n) is 5.28. The summed E-state index contributed by atoms with van der Waals surface area (Å²) in [5.74, 6) is 0.202. The Labute approximate surface area is 125 Å². The van der Waals surface area contributed by atoms with Gasteiger partial charge in [0.15, 0.2) is 5.78 Å². The molecule has 1 fully saturated rings. The van der Waals surface area contributed by atoms with Crippen molar-refractivity contribution in [1.29, 1.82) is 0 Å². The predicted octanol–water partition coefficient (Wildman–Crippen LogP) is 2.83. The van der Waals surface area contributed by atoms with Crippen molar-refractivity contribution in [2.45, 2.75) is 36.6 Å². The highest BCUT2D eigenvalue weighted by atomic mass is 32.2. The molecule has 0 saturated carbocycles. The Balaban J connectivity index is 1.92. The number of ketones is 1. The monoisotopic (exact) mass is 293 g/mol. The number of thioether (sulfide) groups is 1. The van der Waals surface area contributed by atoms with E-state index in [-0.39, 0.29) is 12.4 Å². The quantitative estimate of drug-likeness (QED) is 0.620. The Kier molecular flexibility index (Phi) is 6.07. The topological polar surface area (TPSA) is 40.5 Å². The molecular weight excluding hydrogens is 270 g/mol. The highest BCUT2D eigenvalue weighted by Crippen LogP contribution is 2.22. The first-order valence-electron chi connectivity index (χ1n) is 7.26. The molecular formula is C16H23NO2S. The van der Waals surface area contributed by atoms with Crippen molar-refractivity contribution >= 4 is 17.5 Å². The summed E-state index contributed by atoms with van der Waals surface area (Å²) in [6.07, 6.45) is 6.17. The maximum Gasteiger partial charge on any atom is 0.176 e. The summed E-state index contributed by atoms with van der Waals surface area (Å²) in [5, 5.41) is 8.93. The van der Waals surface area contributed by atoms with E-state index in [9.17, 15) is 4.79 Å². The number of carbonyl (C=O) groups excluding carboxylic acids is 1. The van der Waals surface area contributed by atoms with Crippen LogP contribution in [0.15, 0.2) is 29.2 Å². The SMILES string of the molecule is CSc1ccc(C(=O)CN2CCCC2CCCO)cc1. The fourth-order valence-electron chi connectivity index (χ4n) is 2.81. The zero-order valence-electron chi connectivity index (χ0n) is 12.0. The lowest BCUT2D eigenvalue weighted by atomic mass is 10.1. The van der Waals surface area contributed by atoms with Gasteiger partial charge in [0.05, 0.1) is 6.54 Å². The van der Waals surface area contributed by atoms with Crippen molar-refractivity contribution < 1.29 is 9.90 Å². The van der Waals surface area contributed by atoms with Crippen LogP contribution in [0.3, 0.4) is 0 Å². The summed E-state index contributed by atoms with van der Waals surface area (Å²) in [5.41, 5.74) is 0.801. The van der Waals surface area contributed by atoms with E-state index in [0.717, 1.165) is 37.8 Å². The van der Waals surface area contributed by atoms with Crippen LogP contribution in [0.4, 0.5) is 0 Å². The van der Waals surface area contributed by atoms with Crippen LogP contribution in [-0.4, -0.2) is 47.8 Å². The van der Waals surface area contributed by atoms with Crippen molar-refractivity contribution in [3.05, 3.63) is 29.8 Å². The van der Waals surface area contributed by atoms with Crippen LogP contribution in [0.5, 0.6) is 0 Å². The molecule has 1 aromatic carbocycles. The first-order valence-corrected chi connectivity index (χ1v) is 8.49. The number of aliphatic hydroxyl groups is 1. The van der Waals surface area contributed by atoms with E-state index in [1.165, 1.54) is 4.90 Å². The largest absolute Gasteiger partial charge is 0.396 e. The average Bonchev–Trinajstić information content (AvgIpc) is 2.92. The smallest absolute Gasteiger partial charge is 0.176 e. The van der Waals surface area contributed by atoms with Gasteiger partial charge in [0.2, 0.25) is 0 Å². The molecule has 20 heavy (non-hydrogen) atoms. The Morgan fingerprint density at radius 2 is 2.15 bits per heavy atom. The van der Waals surface area contributed by atoms with Gasteiger partial charge < -0.3 is 5.11 Å². The lowest BCUT2D eigenvalue weighted by molar-refractivity contribution is 0.0915. The van der Waals surface area contributed by atoms with Gasteiger partial charge in [0.25, 0.3) is 0 Å². The van der Waals surface area contributed by atoms with Gasteiger partial charge in [-0.25, -0.2) is 0 Å². The van der Waals surface area contributed by atoms with Crippen LogP contribution >= 0.6 is 11.8 Å². The van der Waals surface area contributed by atoms with E-state index in [4.69, 9.17) is 5.11 Å². The van der Waals surface area contributed by atoms with E-state index >= 15 is 0 Å². The highest BCUT2D eigenvalue weighted by molar-refractivity contribution is 7.98. The number of nitrogens with zero attached hydrogens (tertiary/aromatic N) is 1. The summed E-state index contributed by atoms with van der Waals surface area (Å²) < 4.78 is 0. The fraction of sp³-hybridized carbons (Fsp3) is 0.562. The third-order valence-corrected chi connectivity index (χ3v) is 4.70. The number of likely N-dealkylation sites (tertiary alicyclic amines) is 1. The van der Waals surface area contributed by atoms with Gasteiger partial charge in [-0.1, -0.05) is 12.1 Å². The molecule has 1 aliphatic heterocycles. The highest BCUT2D eigenvalue weighted by Gasteiger charge is 2.25. The van der Waals surface area contributed by atoms with Gasteiger partial charge in [-0.2, -0.15) is 0 Å². The molecule has 3 nitrogen and oxygen atoms in total. The Morgan fingerprint density at radius 3 is 2.80 bits per heavy atom. The third kappa shape index (κ3) is 4.08. The van der Waals surface area contributed by atoms with Crippen molar-refractivity contribution in [1.82, 2.24) is 4.90 Å². The van der Waals surface area contributed by atoms with E-state index in [1.807, 2.05) is 30.5 Å². The standard InChI is InChI=1S/C16H23NO2S/c1-20-15-8-6-13(7-9-15)16(19)12-17-10-2-4-14(17)5-3-11-18/h6-9,14,18H,2-5,10-12H2,1H3. The second-order valence-corrected chi connectivity index (χ2v) is 6.16. The zero-order chi connectivity index (χ0) is 14.4. The summed E-state index contributed by atoms with van der Waals surface area (Å²) in [7, 11) is 0. The van der Waals surface area contributed by atoms with E-state index in [0.29, 0.717) is 12.6 Å². The summed E-state index contributed by atoms with van der Waals surface area (Å²) in [6.45, 7) is 1.76. The molecule has 1 atom stereocenters. The Hall–Kier alpha value is -0.840. The molecule has 1 saturated heterocycles. The van der Waals surface area contributed by atoms with Crippen LogP contribution in [0.1, 0.15) is 36.0 Å². The van der Waals surface area contributed by atoms with E-state index < -0.39 is 0 Å². The Morgan fingerprint density at radius 1 is 1.40 bits per heavy atom. The molecule has 1 N–H and O–H groups in total. The molecule has 0 amide bonds. The lowest BCUT2D eigenvalue weighted by Gasteiger charge is -2.23. The molecule has 0 radical (unpaired) electrons. The average molecular weight is 293 g/mol. The molecule has 0 aromatic heterocycles. The number of aliphatic hydroxyl groups excluding tert-OH is 1. The first-order chi connectivity index (χ1) is 9.74. The Bertz CT molecular complexity index is 433. The van der Waals surface area contributed by atoms with E-state index in [2.05, 4.69) is 4.90 Å². The van der Waals surface area contributed by atoms with E-state index in [1.54, 1.807) is 11.8 Å². The van der Waals surface area contributed by atoms with Gasteiger partial charge in [-0.3, -0.25) is 9.69 Å². The number of Topliss-reactive ketones (excluding diaryl/α,β-unsaturated/α-hetero) is 1. The number of hydrogen-bond donors (Lipinski definition) is 1. The minimum atomic E-state index is 0.202. The molecule has 0 bridgehead atoms. The zero-order valence-corrected chi connectivity index (χ0v) is 12.9. The van der Waals surface area contributed by atoms with Crippen LogP contribution in [0.25, 0.3) is 0 Å². The minimum absolute atomic E-state index is 0.202. The number of carbonyl (C=O) groups is 1. The number of hydrogen-bond acceptors (Lipinski definition) is 4. The third-order valence-electron chi connectivity index (χ3n) is 3.95. The molecule has 0 spiro atoms. The molecule has 2 rings (SSSR count). The van der Waals surface area contributed by atoms with Crippen LogP contribution in [0.2, 0.25) is 0 Å². The molecule has 0 aliphatic carbocycles.